The van der Waals surface area contributed by atoms with Crippen molar-refractivity contribution in [3.05, 3.63) is 88.5 Å². The largest absolute Gasteiger partial charge is 0.346 e. The van der Waals surface area contributed by atoms with Gasteiger partial charge in [-0.05, 0) is 25.1 Å². The zero-order chi connectivity index (χ0) is 18.8. The normalized spacial score (nSPS) is 10.7. The summed E-state index contributed by atoms with van der Waals surface area (Å²) in [5.74, 6) is -0.0402. The van der Waals surface area contributed by atoms with Crippen LogP contribution in [-0.4, -0.2) is 20.9 Å². The van der Waals surface area contributed by atoms with Gasteiger partial charge in [0.2, 0.25) is 0 Å². The molecule has 0 saturated heterocycles. The Kier molecular flexibility index (Phi) is 4.22. The van der Waals surface area contributed by atoms with E-state index in [1.807, 2.05) is 55.5 Å². The lowest BCUT2D eigenvalue weighted by Crippen LogP contribution is -2.18. The summed E-state index contributed by atoms with van der Waals surface area (Å²) in [7, 11) is 0. The van der Waals surface area contributed by atoms with Gasteiger partial charge in [0.1, 0.15) is 5.82 Å². The number of carbonyl (C=O) groups excluding carboxylic acids is 1. The van der Waals surface area contributed by atoms with Gasteiger partial charge in [-0.1, -0.05) is 48.0 Å². The predicted molar refractivity (Wildman–Crippen MR) is 105 cm³/mol. The van der Waals surface area contributed by atoms with Crippen LogP contribution in [-0.2, 0) is 0 Å². The molecule has 2 N–H and O–H groups in total. The van der Waals surface area contributed by atoms with E-state index in [1.165, 1.54) is 12.3 Å². The first-order chi connectivity index (χ1) is 13.1. The van der Waals surface area contributed by atoms with Crippen LogP contribution in [0.1, 0.15) is 15.9 Å². The number of hydrogen-bond donors (Lipinski definition) is 2. The van der Waals surface area contributed by atoms with Crippen molar-refractivity contribution >= 4 is 22.6 Å². The molecule has 27 heavy (non-hydrogen) atoms. The second-order valence-corrected chi connectivity index (χ2v) is 6.18. The number of hydrogen-bond acceptors (Lipinski definition) is 4. The number of carbonyl (C=O) groups is 1. The number of aryl methyl sites for hydroxylation is 1. The fourth-order valence-corrected chi connectivity index (χ4v) is 2.87. The van der Waals surface area contributed by atoms with Crippen molar-refractivity contribution < 1.29 is 4.79 Å². The molecule has 0 aliphatic heterocycles. The van der Waals surface area contributed by atoms with Gasteiger partial charge < -0.3 is 5.32 Å². The van der Waals surface area contributed by atoms with Crippen LogP contribution in [0.25, 0.3) is 22.2 Å². The van der Waals surface area contributed by atoms with Crippen molar-refractivity contribution in [2.75, 3.05) is 5.32 Å². The lowest BCUT2D eigenvalue weighted by molar-refractivity contribution is 0.102. The molecule has 6 heteroatoms. The molecular weight excluding hydrogens is 340 g/mol. The molecule has 0 fully saturated rings. The van der Waals surface area contributed by atoms with Crippen molar-refractivity contribution in [3.63, 3.8) is 0 Å². The Balaban J connectivity index is 1.81. The van der Waals surface area contributed by atoms with E-state index >= 15 is 0 Å². The fourth-order valence-electron chi connectivity index (χ4n) is 2.87. The highest BCUT2D eigenvalue weighted by Crippen LogP contribution is 2.25. The first-order valence-corrected chi connectivity index (χ1v) is 8.44. The first kappa shape index (κ1) is 16.7. The predicted octanol–water partition coefficient (Wildman–Crippen LogP) is 3.55. The number of aromatic nitrogens is 3. The summed E-state index contributed by atoms with van der Waals surface area (Å²) in [4.78, 5) is 35.0. The van der Waals surface area contributed by atoms with Gasteiger partial charge in [0.25, 0.3) is 5.91 Å². The molecule has 6 nitrogen and oxygen atoms in total. The molecule has 0 saturated carbocycles. The van der Waals surface area contributed by atoms with Crippen molar-refractivity contribution in [1.82, 2.24) is 15.0 Å². The third kappa shape index (κ3) is 3.46. The average molecular weight is 356 g/mol. The van der Waals surface area contributed by atoms with Crippen LogP contribution in [0.5, 0.6) is 0 Å². The van der Waals surface area contributed by atoms with Crippen molar-refractivity contribution in [1.29, 1.82) is 0 Å². The molecular formula is C21H16N4O2. The smallest absolute Gasteiger partial charge is 0.308 e. The lowest BCUT2D eigenvalue weighted by Gasteiger charge is -2.10. The van der Waals surface area contributed by atoms with E-state index in [0.717, 1.165) is 22.0 Å². The average Bonchev–Trinajstić information content (AvgIpc) is 2.67. The number of anilines is 1. The molecule has 0 aliphatic carbocycles. The van der Waals surface area contributed by atoms with Crippen LogP contribution in [0.15, 0.2) is 71.7 Å². The van der Waals surface area contributed by atoms with Crippen LogP contribution in [0.2, 0.25) is 0 Å². The maximum absolute atomic E-state index is 12.9. The molecule has 132 valence electrons. The molecule has 0 bridgehead atoms. The van der Waals surface area contributed by atoms with E-state index in [9.17, 15) is 9.59 Å². The monoisotopic (exact) mass is 356 g/mol. The van der Waals surface area contributed by atoms with Gasteiger partial charge in [0, 0.05) is 17.1 Å². The SMILES string of the molecule is Cc1ccc(-c2cc(C(=O)Nc3ccnc(=O)[nH]3)c3ccccc3n2)cc1. The molecule has 4 rings (SSSR count). The number of aromatic amines is 1. The van der Waals surface area contributed by atoms with Crippen LogP contribution < -0.4 is 11.0 Å². The summed E-state index contributed by atoms with van der Waals surface area (Å²) in [6.07, 6.45) is 1.34. The lowest BCUT2D eigenvalue weighted by atomic mass is 10.0. The third-order valence-corrected chi connectivity index (χ3v) is 4.23. The van der Waals surface area contributed by atoms with Crippen molar-refractivity contribution in [2.45, 2.75) is 6.92 Å². The van der Waals surface area contributed by atoms with Crippen LogP contribution in [0.3, 0.4) is 0 Å². The topological polar surface area (TPSA) is 87.7 Å². The number of nitrogens with one attached hydrogen (secondary N) is 2. The summed E-state index contributed by atoms with van der Waals surface area (Å²) in [5, 5.41) is 3.45. The van der Waals surface area contributed by atoms with E-state index in [-0.39, 0.29) is 11.7 Å². The molecule has 0 unspecified atom stereocenters. The van der Waals surface area contributed by atoms with E-state index < -0.39 is 5.69 Å². The minimum absolute atomic E-state index is 0.290. The Morgan fingerprint density at radius 2 is 1.81 bits per heavy atom. The fraction of sp³-hybridized carbons (Fsp3) is 0.0476. The minimum atomic E-state index is -0.521. The number of H-pyrrole nitrogens is 1. The van der Waals surface area contributed by atoms with Crippen molar-refractivity contribution in [2.24, 2.45) is 0 Å². The zero-order valence-electron chi connectivity index (χ0n) is 14.6. The maximum Gasteiger partial charge on any atom is 0.346 e. The highest BCUT2D eigenvalue weighted by atomic mass is 16.2. The number of rotatable bonds is 3. The molecule has 2 aromatic heterocycles. The van der Waals surface area contributed by atoms with E-state index in [2.05, 4.69) is 15.3 Å². The van der Waals surface area contributed by atoms with Gasteiger partial charge in [0.15, 0.2) is 0 Å². The molecule has 2 heterocycles. The third-order valence-electron chi connectivity index (χ3n) is 4.23. The number of benzene rings is 2. The first-order valence-electron chi connectivity index (χ1n) is 8.44. The molecule has 0 spiro atoms. The Hall–Kier alpha value is -3.80. The van der Waals surface area contributed by atoms with E-state index in [4.69, 9.17) is 4.98 Å². The quantitative estimate of drug-likeness (QED) is 0.588. The Morgan fingerprint density at radius 3 is 2.59 bits per heavy atom. The summed E-state index contributed by atoms with van der Waals surface area (Å²) in [6.45, 7) is 2.02. The Bertz CT molecular complexity index is 1200. The second kappa shape index (κ2) is 6.84. The number of para-hydroxylation sites is 1. The summed E-state index contributed by atoms with van der Waals surface area (Å²) < 4.78 is 0. The maximum atomic E-state index is 12.9. The van der Waals surface area contributed by atoms with Gasteiger partial charge >= 0.3 is 5.69 Å². The highest BCUT2D eigenvalue weighted by Gasteiger charge is 2.14. The summed E-state index contributed by atoms with van der Waals surface area (Å²) in [5.41, 5.74) is 3.48. The molecule has 2 aromatic carbocycles. The molecule has 1 amide bonds. The summed E-state index contributed by atoms with van der Waals surface area (Å²) in [6, 6.07) is 18.7. The van der Waals surface area contributed by atoms with Gasteiger partial charge in [-0.15, -0.1) is 0 Å². The van der Waals surface area contributed by atoms with Gasteiger partial charge in [-0.25, -0.2) is 14.8 Å². The zero-order valence-corrected chi connectivity index (χ0v) is 14.6. The molecule has 0 aliphatic rings. The van der Waals surface area contributed by atoms with E-state index in [0.29, 0.717) is 11.3 Å². The number of amides is 1. The molecule has 4 aromatic rings. The van der Waals surface area contributed by atoms with Crippen LogP contribution >= 0.6 is 0 Å². The molecule has 0 atom stereocenters. The van der Waals surface area contributed by atoms with Crippen molar-refractivity contribution in [3.8, 4) is 11.3 Å². The van der Waals surface area contributed by atoms with Gasteiger partial charge in [0.05, 0.1) is 16.8 Å². The Labute approximate surface area is 154 Å². The molecule has 0 radical (unpaired) electrons. The number of nitrogens with zero attached hydrogens (tertiary/aromatic N) is 2. The standard InChI is InChI=1S/C21H16N4O2/c1-13-6-8-14(9-7-13)18-12-16(15-4-2-3-5-17(15)23-18)20(26)24-19-10-11-22-21(27)25-19/h2-12H,1H3,(H2,22,24,25,26,27). The van der Waals surface area contributed by atoms with Crippen LogP contribution in [0, 0.1) is 6.92 Å². The van der Waals surface area contributed by atoms with Gasteiger partial charge in [-0.2, -0.15) is 0 Å². The summed E-state index contributed by atoms with van der Waals surface area (Å²) >= 11 is 0. The highest BCUT2D eigenvalue weighted by molar-refractivity contribution is 6.12. The second-order valence-electron chi connectivity index (χ2n) is 6.18. The minimum Gasteiger partial charge on any atom is -0.308 e. The Morgan fingerprint density at radius 1 is 1.04 bits per heavy atom. The van der Waals surface area contributed by atoms with E-state index in [1.54, 1.807) is 6.07 Å². The van der Waals surface area contributed by atoms with Gasteiger partial charge in [-0.3, -0.25) is 9.78 Å². The van der Waals surface area contributed by atoms with Crippen LogP contribution in [0.4, 0.5) is 5.82 Å². The number of fused-ring (bicyclic) bond motifs is 1. The number of pyridine rings is 1.